The quantitative estimate of drug-likeness (QED) is 0.508. The van der Waals surface area contributed by atoms with Crippen LogP contribution in [-0.4, -0.2) is 34.6 Å². The van der Waals surface area contributed by atoms with E-state index in [0.717, 1.165) is 17.7 Å². The van der Waals surface area contributed by atoms with Crippen molar-refractivity contribution in [1.29, 1.82) is 0 Å². The van der Waals surface area contributed by atoms with Crippen LogP contribution in [0.3, 0.4) is 0 Å². The predicted octanol–water partition coefficient (Wildman–Crippen LogP) is 4.17. The van der Waals surface area contributed by atoms with Crippen molar-refractivity contribution in [3.8, 4) is 22.8 Å². The molecule has 3 aromatic rings. The molecular formula is C24H26N4O3. The van der Waals surface area contributed by atoms with Crippen molar-refractivity contribution < 1.29 is 14.6 Å². The average molecular weight is 418 g/mol. The summed E-state index contributed by atoms with van der Waals surface area (Å²) in [6, 6.07) is 12.6. The van der Waals surface area contributed by atoms with Gasteiger partial charge in [0.1, 0.15) is 5.82 Å². The van der Waals surface area contributed by atoms with Gasteiger partial charge in [0, 0.05) is 23.7 Å². The highest BCUT2D eigenvalue weighted by Crippen LogP contribution is 2.31. The molecule has 1 amide bonds. The van der Waals surface area contributed by atoms with E-state index < -0.39 is 0 Å². The zero-order chi connectivity index (χ0) is 21.8. The van der Waals surface area contributed by atoms with E-state index in [1.54, 1.807) is 30.6 Å². The summed E-state index contributed by atoms with van der Waals surface area (Å²) < 4.78 is 5.17. The Morgan fingerprint density at radius 1 is 1.19 bits per heavy atom. The Labute approximate surface area is 181 Å². The first-order valence-corrected chi connectivity index (χ1v) is 10.4. The number of rotatable bonds is 8. The van der Waals surface area contributed by atoms with Crippen molar-refractivity contribution in [3.63, 3.8) is 0 Å². The fraction of sp³-hybridized carbons (Fsp3) is 0.292. The Hall–Kier alpha value is -3.61. The lowest BCUT2D eigenvalue weighted by molar-refractivity contribution is 0.0952. The molecule has 7 heteroatoms. The number of aromatic hydroxyl groups is 1. The third-order valence-electron chi connectivity index (χ3n) is 5.40. The molecule has 1 fully saturated rings. The topological polar surface area (TPSA) is 96.4 Å². The summed E-state index contributed by atoms with van der Waals surface area (Å²) in [5, 5.41) is 16.1. The number of phenolic OH excluding ortho intramolecular Hbond substituents is 1. The monoisotopic (exact) mass is 418 g/mol. The predicted molar refractivity (Wildman–Crippen MR) is 119 cm³/mol. The van der Waals surface area contributed by atoms with E-state index >= 15 is 0 Å². The second kappa shape index (κ2) is 9.04. The molecule has 0 spiro atoms. The molecule has 1 aliphatic rings. The highest BCUT2D eigenvalue weighted by Gasteiger charge is 2.21. The highest BCUT2D eigenvalue weighted by molar-refractivity contribution is 5.94. The van der Waals surface area contributed by atoms with Gasteiger partial charge in [-0.3, -0.25) is 9.78 Å². The van der Waals surface area contributed by atoms with Gasteiger partial charge >= 0.3 is 0 Å². The Morgan fingerprint density at radius 2 is 1.97 bits per heavy atom. The van der Waals surface area contributed by atoms with Gasteiger partial charge in [-0.05, 0) is 61.6 Å². The first kappa shape index (κ1) is 20.7. The minimum atomic E-state index is -0.0260. The number of anilines is 1. The number of methoxy groups -OCH3 is 1. The number of benzene rings is 2. The molecule has 1 atom stereocenters. The van der Waals surface area contributed by atoms with Gasteiger partial charge in [-0.15, -0.1) is 0 Å². The Balaban J connectivity index is 1.43. The SMILES string of the molecule is COc1cc(-c2cncc(NC(C)c3ccc(C(=O)NCC4CC4)cc3)n2)ccc1O. The maximum absolute atomic E-state index is 12.2. The molecule has 1 unspecified atom stereocenters. The lowest BCUT2D eigenvalue weighted by Crippen LogP contribution is -2.25. The van der Waals surface area contributed by atoms with E-state index in [0.29, 0.717) is 28.7 Å². The van der Waals surface area contributed by atoms with Crippen molar-refractivity contribution in [2.75, 3.05) is 19.0 Å². The summed E-state index contributed by atoms with van der Waals surface area (Å²) >= 11 is 0. The molecular weight excluding hydrogens is 392 g/mol. The molecule has 0 aliphatic heterocycles. The molecule has 3 N–H and O–H groups in total. The number of carbonyl (C=O) groups is 1. The normalized spacial score (nSPS) is 14.0. The van der Waals surface area contributed by atoms with Gasteiger partial charge in [0.25, 0.3) is 5.91 Å². The van der Waals surface area contributed by atoms with E-state index in [2.05, 4.69) is 20.6 Å². The third kappa shape index (κ3) is 5.12. The van der Waals surface area contributed by atoms with Crippen LogP contribution in [-0.2, 0) is 0 Å². The number of aromatic nitrogens is 2. The zero-order valence-corrected chi connectivity index (χ0v) is 17.6. The van der Waals surface area contributed by atoms with Crippen molar-refractivity contribution in [2.45, 2.75) is 25.8 Å². The number of hydrogen-bond acceptors (Lipinski definition) is 6. The van der Waals surface area contributed by atoms with Crippen LogP contribution in [0.15, 0.2) is 54.9 Å². The number of hydrogen-bond donors (Lipinski definition) is 3. The van der Waals surface area contributed by atoms with Crippen LogP contribution in [0.1, 0.15) is 41.7 Å². The van der Waals surface area contributed by atoms with Gasteiger partial charge in [-0.2, -0.15) is 0 Å². The van der Waals surface area contributed by atoms with Gasteiger partial charge in [-0.1, -0.05) is 12.1 Å². The van der Waals surface area contributed by atoms with Crippen molar-refractivity contribution in [2.24, 2.45) is 5.92 Å². The minimum absolute atomic E-state index is 0.0255. The van der Waals surface area contributed by atoms with E-state index in [1.165, 1.54) is 20.0 Å². The largest absolute Gasteiger partial charge is 0.504 e. The van der Waals surface area contributed by atoms with Crippen LogP contribution in [0.4, 0.5) is 5.82 Å². The van der Waals surface area contributed by atoms with Crippen LogP contribution in [0.2, 0.25) is 0 Å². The van der Waals surface area contributed by atoms with E-state index in [9.17, 15) is 9.90 Å². The Kier molecular flexibility index (Phi) is 6.02. The highest BCUT2D eigenvalue weighted by atomic mass is 16.5. The molecule has 0 bridgehead atoms. The molecule has 1 aliphatic carbocycles. The molecule has 7 nitrogen and oxygen atoms in total. The maximum atomic E-state index is 12.2. The first-order chi connectivity index (χ1) is 15.0. The summed E-state index contributed by atoms with van der Waals surface area (Å²) in [4.78, 5) is 21.1. The molecule has 1 aromatic heterocycles. The van der Waals surface area contributed by atoms with Crippen molar-refractivity contribution in [3.05, 3.63) is 66.0 Å². The van der Waals surface area contributed by atoms with Crippen LogP contribution >= 0.6 is 0 Å². The van der Waals surface area contributed by atoms with E-state index in [4.69, 9.17) is 4.74 Å². The standard InChI is InChI=1S/C24H26N4O3/c1-15(17-5-7-18(8-6-17)24(30)26-12-16-3-4-16)27-23-14-25-13-20(28-23)19-9-10-21(29)22(11-19)31-2/h5-11,13-16,29H,3-4,12H2,1-2H3,(H,26,30)(H,27,28). The summed E-state index contributed by atoms with van der Waals surface area (Å²) in [6.07, 6.45) is 5.76. The molecule has 0 saturated heterocycles. The molecule has 1 saturated carbocycles. The summed E-state index contributed by atoms with van der Waals surface area (Å²) in [5.74, 6) is 1.72. The number of carbonyl (C=O) groups excluding carboxylic acids is 1. The summed E-state index contributed by atoms with van der Waals surface area (Å²) in [7, 11) is 1.51. The van der Waals surface area contributed by atoms with Gasteiger partial charge in [0.15, 0.2) is 11.5 Å². The summed E-state index contributed by atoms with van der Waals surface area (Å²) in [6.45, 7) is 2.79. The van der Waals surface area contributed by atoms with Crippen molar-refractivity contribution >= 4 is 11.7 Å². The van der Waals surface area contributed by atoms with Gasteiger partial charge in [0.2, 0.25) is 0 Å². The molecule has 1 heterocycles. The third-order valence-corrected chi connectivity index (χ3v) is 5.40. The van der Waals surface area contributed by atoms with E-state index in [-0.39, 0.29) is 17.7 Å². The first-order valence-electron chi connectivity index (χ1n) is 10.4. The lowest BCUT2D eigenvalue weighted by Gasteiger charge is -2.16. The lowest BCUT2D eigenvalue weighted by atomic mass is 10.1. The van der Waals surface area contributed by atoms with Crippen LogP contribution < -0.4 is 15.4 Å². The molecule has 31 heavy (non-hydrogen) atoms. The van der Waals surface area contributed by atoms with Crippen LogP contribution in [0.25, 0.3) is 11.3 Å². The van der Waals surface area contributed by atoms with Crippen molar-refractivity contribution in [1.82, 2.24) is 15.3 Å². The average Bonchev–Trinajstić information content (AvgIpc) is 3.62. The molecule has 160 valence electrons. The second-order valence-corrected chi connectivity index (χ2v) is 7.82. The van der Waals surface area contributed by atoms with Gasteiger partial charge in [-0.25, -0.2) is 4.98 Å². The number of nitrogens with zero attached hydrogens (tertiary/aromatic N) is 2. The van der Waals surface area contributed by atoms with Crippen LogP contribution in [0.5, 0.6) is 11.5 Å². The smallest absolute Gasteiger partial charge is 0.251 e. The summed E-state index contributed by atoms with van der Waals surface area (Å²) in [5.41, 5.74) is 3.16. The van der Waals surface area contributed by atoms with Gasteiger partial charge in [0.05, 0.1) is 25.2 Å². The Bertz CT molecular complexity index is 1060. The van der Waals surface area contributed by atoms with E-state index in [1.807, 2.05) is 31.2 Å². The maximum Gasteiger partial charge on any atom is 0.251 e. The van der Waals surface area contributed by atoms with Crippen LogP contribution in [0, 0.1) is 5.92 Å². The Morgan fingerprint density at radius 3 is 2.68 bits per heavy atom. The zero-order valence-electron chi connectivity index (χ0n) is 17.6. The number of phenols is 1. The second-order valence-electron chi connectivity index (χ2n) is 7.82. The fourth-order valence-electron chi connectivity index (χ4n) is 3.30. The number of amides is 1. The minimum Gasteiger partial charge on any atom is -0.504 e. The molecule has 0 radical (unpaired) electrons. The number of ether oxygens (including phenoxy) is 1. The molecule has 4 rings (SSSR count). The van der Waals surface area contributed by atoms with Gasteiger partial charge < -0.3 is 20.5 Å². The molecule has 2 aromatic carbocycles. The fourth-order valence-corrected chi connectivity index (χ4v) is 3.30. The number of nitrogens with one attached hydrogen (secondary N) is 2.